The molecule has 0 saturated heterocycles. The van der Waals surface area contributed by atoms with Crippen LogP contribution in [-0.4, -0.2) is 43.4 Å². The highest BCUT2D eigenvalue weighted by Gasteiger charge is 2.13. The van der Waals surface area contributed by atoms with Gasteiger partial charge in [0.1, 0.15) is 5.52 Å². The summed E-state index contributed by atoms with van der Waals surface area (Å²) in [5.74, 6) is 0.328. The predicted octanol–water partition coefficient (Wildman–Crippen LogP) is 3.06. The Hall–Kier alpha value is -1.21. The molecule has 2 rings (SSSR count). The molecule has 0 aromatic carbocycles. The average molecular weight is 325 g/mol. The number of thioether (sulfide) groups is 2. The molecule has 0 radical (unpaired) electrons. The standard InChI is InChI=1S/C14H19N3O2S2/c1-10-7-11-13(15-8-10)17(5-3-4-6-20-2)14(16-11)21-9-12(18)19/h7-8H,3-6,9H2,1-2H3,(H,18,19). The molecule has 2 aromatic heterocycles. The van der Waals surface area contributed by atoms with Crippen molar-refractivity contribution in [2.75, 3.05) is 17.8 Å². The number of carboxylic acid groups (broad SMARTS) is 1. The van der Waals surface area contributed by atoms with Crippen LogP contribution in [0.25, 0.3) is 11.2 Å². The zero-order valence-electron chi connectivity index (χ0n) is 12.2. The first kappa shape index (κ1) is 16.2. The number of rotatable bonds is 8. The number of nitrogens with zero attached hydrogens (tertiary/aromatic N) is 3. The summed E-state index contributed by atoms with van der Waals surface area (Å²) in [4.78, 5) is 19.8. The Labute approximate surface area is 132 Å². The number of pyridine rings is 1. The molecule has 0 spiro atoms. The van der Waals surface area contributed by atoms with Crippen molar-refractivity contribution in [1.29, 1.82) is 0 Å². The summed E-state index contributed by atoms with van der Waals surface area (Å²) in [6, 6.07) is 1.99. The van der Waals surface area contributed by atoms with Crippen molar-refractivity contribution < 1.29 is 9.90 Å². The summed E-state index contributed by atoms with van der Waals surface area (Å²) in [6.45, 7) is 2.81. The zero-order chi connectivity index (χ0) is 15.2. The van der Waals surface area contributed by atoms with E-state index in [2.05, 4.69) is 16.2 Å². The fourth-order valence-electron chi connectivity index (χ4n) is 2.05. The van der Waals surface area contributed by atoms with Gasteiger partial charge in [-0.2, -0.15) is 11.8 Å². The van der Waals surface area contributed by atoms with Crippen molar-refractivity contribution in [3.63, 3.8) is 0 Å². The van der Waals surface area contributed by atoms with E-state index in [1.807, 2.05) is 35.5 Å². The third-order valence-electron chi connectivity index (χ3n) is 2.99. The number of fused-ring (bicyclic) bond motifs is 1. The highest BCUT2D eigenvalue weighted by atomic mass is 32.2. The minimum atomic E-state index is -0.829. The van der Waals surface area contributed by atoms with Crippen LogP contribution in [0.15, 0.2) is 17.4 Å². The van der Waals surface area contributed by atoms with Crippen molar-refractivity contribution >= 4 is 40.7 Å². The van der Waals surface area contributed by atoms with E-state index in [1.54, 1.807) is 0 Å². The van der Waals surface area contributed by atoms with Gasteiger partial charge in [0.15, 0.2) is 10.8 Å². The number of imidazole rings is 1. The molecule has 5 nitrogen and oxygen atoms in total. The van der Waals surface area contributed by atoms with Crippen molar-refractivity contribution in [2.45, 2.75) is 31.5 Å². The van der Waals surface area contributed by atoms with E-state index in [4.69, 9.17) is 5.11 Å². The molecule has 0 atom stereocenters. The third kappa shape index (κ3) is 4.38. The summed E-state index contributed by atoms with van der Waals surface area (Å²) >= 11 is 3.10. The topological polar surface area (TPSA) is 68.0 Å². The lowest BCUT2D eigenvalue weighted by Crippen LogP contribution is -2.04. The molecule has 2 aromatic rings. The molecule has 114 valence electrons. The molecule has 0 amide bonds. The van der Waals surface area contributed by atoms with E-state index < -0.39 is 5.97 Å². The van der Waals surface area contributed by atoms with E-state index in [-0.39, 0.29) is 5.75 Å². The zero-order valence-corrected chi connectivity index (χ0v) is 13.8. The Kier molecular flexibility index (Phi) is 5.93. The monoisotopic (exact) mass is 325 g/mol. The Balaban J connectivity index is 2.23. The van der Waals surface area contributed by atoms with Gasteiger partial charge in [-0.3, -0.25) is 4.79 Å². The summed E-state index contributed by atoms with van der Waals surface area (Å²) in [5.41, 5.74) is 2.75. The number of hydrogen-bond acceptors (Lipinski definition) is 5. The second-order valence-electron chi connectivity index (χ2n) is 4.78. The van der Waals surface area contributed by atoms with E-state index in [0.717, 1.165) is 47.0 Å². The molecule has 0 aliphatic carbocycles. The van der Waals surface area contributed by atoms with Gasteiger partial charge in [-0.25, -0.2) is 9.97 Å². The molecule has 7 heteroatoms. The molecule has 0 bridgehead atoms. The molecule has 0 unspecified atom stereocenters. The Morgan fingerprint density at radius 2 is 2.24 bits per heavy atom. The van der Waals surface area contributed by atoms with Gasteiger partial charge in [-0.1, -0.05) is 11.8 Å². The number of aromatic nitrogens is 3. The Morgan fingerprint density at radius 1 is 1.43 bits per heavy atom. The van der Waals surface area contributed by atoms with Gasteiger partial charge in [-0.05, 0) is 43.4 Å². The fraction of sp³-hybridized carbons (Fsp3) is 0.500. The average Bonchev–Trinajstić information content (AvgIpc) is 2.78. The van der Waals surface area contributed by atoms with E-state index in [1.165, 1.54) is 11.8 Å². The van der Waals surface area contributed by atoms with E-state index >= 15 is 0 Å². The quantitative estimate of drug-likeness (QED) is 0.594. The van der Waals surface area contributed by atoms with Gasteiger partial charge >= 0.3 is 5.97 Å². The molecule has 0 aliphatic rings. The molecule has 21 heavy (non-hydrogen) atoms. The van der Waals surface area contributed by atoms with Gasteiger partial charge < -0.3 is 9.67 Å². The van der Waals surface area contributed by atoms with Crippen molar-refractivity contribution in [2.24, 2.45) is 0 Å². The summed E-state index contributed by atoms with van der Waals surface area (Å²) in [6.07, 6.45) is 6.11. The number of carboxylic acids is 1. The molecule has 2 heterocycles. The number of aliphatic carboxylic acids is 1. The van der Waals surface area contributed by atoms with Crippen LogP contribution < -0.4 is 0 Å². The van der Waals surface area contributed by atoms with E-state index in [9.17, 15) is 4.79 Å². The molecule has 0 saturated carbocycles. The maximum absolute atomic E-state index is 10.8. The highest BCUT2D eigenvalue weighted by Crippen LogP contribution is 2.24. The number of carbonyl (C=O) groups is 1. The number of aryl methyl sites for hydroxylation is 2. The van der Waals surface area contributed by atoms with Crippen molar-refractivity contribution in [3.05, 3.63) is 17.8 Å². The van der Waals surface area contributed by atoms with Crippen LogP contribution in [-0.2, 0) is 11.3 Å². The normalized spacial score (nSPS) is 11.1. The summed E-state index contributed by atoms with van der Waals surface area (Å²) < 4.78 is 2.04. The predicted molar refractivity (Wildman–Crippen MR) is 88.2 cm³/mol. The maximum atomic E-state index is 10.8. The van der Waals surface area contributed by atoms with E-state index in [0.29, 0.717) is 0 Å². The lowest BCUT2D eigenvalue weighted by atomic mass is 10.3. The third-order valence-corrected chi connectivity index (χ3v) is 4.65. The van der Waals surface area contributed by atoms with Gasteiger partial charge in [-0.15, -0.1) is 0 Å². The van der Waals surface area contributed by atoms with Crippen LogP contribution in [0.2, 0.25) is 0 Å². The van der Waals surface area contributed by atoms with Gasteiger partial charge in [0.05, 0.1) is 5.75 Å². The largest absolute Gasteiger partial charge is 0.481 e. The smallest absolute Gasteiger partial charge is 0.313 e. The molecule has 0 fully saturated rings. The first-order valence-corrected chi connectivity index (χ1v) is 9.16. The Bertz CT molecular complexity index is 628. The minimum absolute atomic E-state index is 0.0209. The minimum Gasteiger partial charge on any atom is -0.481 e. The van der Waals surface area contributed by atoms with Crippen LogP contribution in [0.5, 0.6) is 0 Å². The van der Waals surface area contributed by atoms with Crippen molar-refractivity contribution in [3.8, 4) is 0 Å². The number of unbranched alkanes of at least 4 members (excludes halogenated alkanes) is 1. The first-order chi connectivity index (χ1) is 10.1. The lowest BCUT2D eigenvalue weighted by Gasteiger charge is -2.07. The van der Waals surface area contributed by atoms with Gasteiger partial charge in [0, 0.05) is 12.7 Å². The fourth-order valence-corrected chi connectivity index (χ4v) is 3.29. The molecular weight excluding hydrogens is 306 g/mol. The van der Waals surface area contributed by atoms with Crippen LogP contribution in [0.4, 0.5) is 0 Å². The number of hydrogen-bond donors (Lipinski definition) is 1. The molecule has 1 N–H and O–H groups in total. The van der Waals surface area contributed by atoms with Gasteiger partial charge in [0.25, 0.3) is 0 Å². The second-order valence-corrected chi connectivity index (χ2v) is 6.71. The molecule has 0 aliphatic heterocycles. The SMILES string of the molecule is CSCCCCn1c(SCC(=O)O)nc2cc(C)cnc21. The maximum Gasteiger partial charge on any atom is 0.313 e. The van der Waals surface area contributed by atoms with Crippen LogP contribution in [0.3, 0.4) is 0 Å². The van der Waals surface area contributed by atoms with Gasteiger partial charge in [0.2, 0.25) is 0 Å². The summed E-state index contributed by atoms with van der Waals surface area (Å²) in [5, 5.41) is 9.60. The second kappa shape index (κ2) is 7.70. The van der Waals surface area contributed by atoms with Crippen LogP contribution in [0.1, 0.15) is 18.4 Å². The molecular formula is C14H19N3O2S2. The Morgan fingerprint density at radius 3 is 2.95 bits per heavy atom. The van der Waals surface area contributed by atoms with Crippen molar-refractivity contribution in [1.82, 2.24) is 14.5 Å². The lowest BCUT2D eigenvalue weighted by molar-refractivity contribution is -0.133. The highest BCUT2D eigenvalue weighted by molar-refractivity contribution is 7.99. The first-order valence-electron chi connectivity index (χ1n) is 6.78. The van der Waals surface area contributed by atoms with Crippen LogP contribution in [0, 0.1) is 6.92 Å². The summed E-state index contributed by atoms with van der Waals surface area (Å²) in [7, 11) is 0. The van der Waals surface area contributed by atoms with Crippen LogP contribution >= 0.6 is 23.5 Å².